The second kappa shape index (κ2) is 7.16. The number of carbonyl (C=O) groups excluding carboxylic acids is 3. The molecule has 0 N–H and O–H groups in total. The molecule has 0 saturated heterocycles. The summed E-state index contributed by atoms with van der Waals surface area (Å²) in [7, 11) is 2.13. The molecule has 0 aliphatic heterocycles. The average molecular weight is 310 g/mol. The van der Waals surface area contributed by atoms with E-state index in [1.165, 1.54) is 6.08 Å². The Balaban J connectivity index is 3.42. The van der Waals surface area contributed by atoms with Crippen LogP contribution in [-0.4, -0.2) is 41.4 Å². The molecule has 22 heavy (non-hydrogen) atoms. The van der Waals surface area contributed by atoms with E-state index in [1.807, 2.05) is 0 Å². The predicted molar refractivity (Wildman–Crippen MR) is 73.3 cm³/mol. The standard InChI is InChI=1S/C13H14N2O7/c1-4-5-9(11(16)13(18)22-3)14-7-8(15(19)20)6-10(14)12(17)21-2/h4,6-7,9H,1,5H2,2-3H3. The summed E-state index contributed by atoms with van der Waals surface area (Å²) >= 11 is 0. The Kier molecular flexibility index (Phi) is 5.56. The van der Waals surface area contributed by atoms with Gasteiger partial charge in [-0.2, -0.15) is 0 Å². The smallest absolute Gasteiger partial charge is 0.376 e. The Bertz CT molecular complexity index is 632. The van der Waals surface area contributed by atoms with Crippen LogP contribution in [0.5, 0.6) is 0 Å². The van der Waals surface area contributed by atoms with E-state index in [9.17, 15) is 24.5 Å². The third kappa shape index (κ3) is 3.37. The van der Waals surface area contributed by atoms with Crippen molar-refractivity contribution in [2.75, 3.05) is 14.2 Å². The highest BCUT2D eigenvalue weighted by atomic mass is 16.6. The minimum absolute atomic E-state index is 0.0240. The SMILES string of the molecule is C=CCC(C(=O)C(=O)OC)n1cc([N+](=O)[O-])cc1C(=O)OC. The van der Waals surface area contributed by atoms with Crippen molar-refractivity contribution in [3.05, 3.63) is 40.7 Å². The number of rotatable bonds is 7. The van der Waals surface area contributed by atoms with E-state index < -0.39 is 34.4 Å². The first kappa shape index (κ1) is 17.1. The number of allylic oxidation sites excluding steroid dienone is 1. The van der Waals surface area contributed by atoms with Crippen molar-refractivity contribution >= 4 is 23.4 Å². The molecule has 0 bridgehead atoms. The predicted octanol–water partition coefficient (Wildman–Crippen LogP) is 1.04. The van der Waals surface area contributed by atoms with Gasteiger partial charge in [0.1, 0.15) is 11.7 Å². The van der Waals surface area contributed by atoms with E-state index in [0.29, 0.717) is 0 Å². The van der Waals surface area contributed by atoms with Gasteiger partial charge in [-0.25, -0.2) is 9.59 Å². The number of methoxy groups -OCH3 is 2. The number of carbonyl (C=O) groups is 3. The van der Waals surface area contributed by atoms with Crippen LogP contribution in [0.15, 0.2) is 24.9 Å². The molecule has 1 rings (SSSR count). The van der Waals surface area contributed by atoms with Gasteiger partial charge in [0.2, 0.25) is 0 Å². The zero-order valence-electron chi connectivity index (χ0n) is 12.0. The van der Waals surface area contributed by atoms with Crippen LogP contribution in [0.25, 0.3) is 0 Å². The van der Waals surface area contributed by atoms with Gasteiger partial charge in [-0.1, -0.05) is 6.08 Å². The fourth-order valence-electron chi connectivity index (χ4n) is 1.83. The lowest BCUT2D eigenvalue weighted by atomic mass is 10.1. The number of hydrogen-bond donors (Lipinski definition) is 0. The molecule has 1 aromatic heterocycles. The third-order valence-electron chi connectivity index (χ3n) is 2.85. The highest BCUT2D eigenvalue weighted by Gasteiger charge is 2.32. The van der Waals surface area contributed by atoms with Crippen molar-refractivity contribution in [3.63, 3.8) is 0 Å². The molecule has 0 aliphatic rings. The topological polar surface area (TPSA) is 118 Å². The van der Waals surface area contributed by atoms with Gasteiger partial charge < -0.3 is 14.0 Å². The molecule has 0 radical (unpaired) electrons. The molecule has 118 valence electrons. The molecule has 0 spiro atoms. The van der Waals surface area contributed by atoms with Crippen molar-refractivity contribution < 1.29 is 28.8 Å². The number of esters is 2. The summed E-state index contributed by atoms with van der Waals surface area (Å²) in [6.45, 7) is 3.46. The Morgan fingerprint density at radius 2 is 2.05 bits per heavy atom. The number of ether oxygens (including phenoxy) is 2. The molecule has 0 saturated carbocycles. The molecule has 9 heteroatoms. The lowest BCUT2D eigenvalue weighted by Crippen LogP contribution is -2.29. The van der Waals surface area contributed by atoms with E-state index >= 15 is 0 Å². The van der Waals surface area contributed by atoms with Crippen molar-refractivity contribution in [1.82, 2.24) is 4.57 Å². The number of nitro groups is 1. The summed E-state index contributed by atoms with van der Waals surface area (Å²) in [4.78, 5) is 45.3. The van der Waals surface area contributed by atoms with E-state index in [-0.39, 0.29) is 12.1 Å². The third-order valence-corrected chi connectivity index (χ3v) is 2.85. The Labute approximate surface area is 125 Å². The number of hydrogen-bond acceptors (Lipinski definition) is 7. The second-order valence-corrected chi connectivity index (χ2v) is 4.14. The molecule has 0 amide bonds. The normalized spacial score (nSPS) is 11.4. The fourth-order valence-corrected chi connectivity index (χ4v) is 1.83. The molecule has 1 unspecified atom stereocenters. The zero-order chi connectivity index (χ0) is 16.9. The summed E-state index contributed by atoms with van der Waals surface area (Å²) in [6, 6.07) is -0.223. The second-order valence-electron chi connectivity index (χ2n) is 4.14. The van der Waals surface area contributed by atoms with E-state index in [1.54, 1.807) is 0 Å². The van der Waals surface area contributed by atoms with Gasteiger partial charge in [-0.15, -0.1) is 6.58 Å². The lowest BCUT2D eigenvalue weighted by Gasteiger charge is -2.16. The van der Waals surface area contributed by atoms with Gasteiger partial charge in [-0.05, 0) is 6.42 Å². The van der Waals surface area contributed by atoms with Gasteiger partial charge in [0.05, 0.1) is 25.3 Å². The van der Waals surface area contributed by atoms with Gasteiger partial charge in [0.25, 0.3) is 11.5 Å². The van der Waals surface area contributed by atoms with Crippen LogP contribution >= 0.6 is 0 Å². The first-order chi connectivity index (χ1) is 10.4. The van der Waals surface area contributed by atoms with Crippen LogP contribution in [0.1, 0.15) is 23.0 Å². The summed E-state index contributed by atoms with van der Waals surface area (Å²) in [5, 5.41) is 10.9. The maximum absolute atomic E-state index is 12.0. The fraction of sp³-hybridized carbons (Fsp3) is 0.308. The summed E-state index contributed by atoms with van der Waals surface area (Å²) in [5.41, 5.74) is -0.634. The Hall–Kier alpha value is -2.97. The highest BCUT2D eigenvalue weighted by molar-refractivity contribution is 6.35. The van der Waals surface area contributed by atoms with Gasteiger partial charge in [0.15, 0.2) is 0 Å². The number of ketones is 1. The first-order valence-corrected chi connectivity index (χ1v) is 6.05. The molecular formula is C13H14N2O7. The zero-order valence-corrected chi connectivity index (χ0v) is 12.0. The van der Waals surface area contributed by atoms with Gasteiger partial charge in [-0.3, -0.25) is 14.9 Å². The average Bonchev–Trinajstić information content (AvgIpc) is 2.95. The molecule has 0 fully saturated rings. The largest absolute Gasteiger partial charge is 0.464 e. The summed E-state index contributed by atoms with van der Waals surface area (Å²) < 4.78 is 9.90. The Morgan fingerprint density at radius 3 is 2.50 bits per heavy atom. The van der Waals surface area contributed by atoms with Crippen LogP contribution in [0.2, 0.25) is 0 Å². The molecule has 1 atom stereocenters. The monoisotopic (exact) mass is 310 g/mol. The molecule has 1 heterocycles. The number of aromatic nitrogens is 1. The van der Waals surface area contributed by atoms with E-state index in [4.69, 9.17) is 0 Å². The van der Waals surface area contributed by atoms with Crippen LogP contribution in [0.3, 0.4) is 0 Å². The van der Waals surface area contributed by atoms with Crippen LogP contribution < -0.4 is 0 Å². The van der Waals surface area contributed by atoms with E-state index in [2.05, 4.69) is 16.1 Å². The molecule has 9 nitrogen and oxygen atoms in total. The van der Waals surface area contributed by atoms with Gasteiger partial charge in [0, 0.05) is 6.07 Å². The minimum Gasteiger partial charge on any atom is -0.464 e. The first-order valence-electron chi connectivity index (χ1n) is 6.05. The molecule has 0 aromatic carbocycles. The van der Waals surface area contributed by atoms with Crippen LogP contribution in [0, 0.1) is 10.1 Å². The van der Waals surface area contributed by atoms with Crippen molar-refractivity contribution in [3.8, 4) is 0 Å². The lowest BCUT2D eigenvalue weighted by molar-refractivity contribution is -0.384. The van der Waals surface area contributed by atoms with E-state index in [0.717, 1.165) is 31.0 Å². The van der Waals surface area contributed by atoms with Crippen molar-refractivity contribution in [1.29, 1.82) is 0 Å². The molecule has 0 aliphatic carbocycles. The number of Topliss-reactive ketones (excluding diaryl/α,β-unsaturated/α-hetero) is 1. The molecule has 1 aromatic rings. The maximum atomic E-state index is 12.0. The van der Waals surface area contributed by atoms with Crippen LogP contribution in [-0.2, 0) is 19.1 Å². The maximum Gasteiger partial charge on any atom is 0.376 e. The quantitative estimate of drug-likeness (QED) is 0.243. The number of nitrogens with zero attached hydrogens (tertiary/aromatic N) is 2. The highest BCUT2D eigenvalue weighted by Crippen LogP contribution is 2.25. The summed E-state index contributed by atoms with van der Waals surface area (Å²) in [5.74, 6) is -2.96. The van der Waals surface area contributed by atoms with Crippen LogP contribution in [0.4, 0.5) is 5.69 Å². The van der Waals surface area contributed by atoms with Crippen molar-refractivity contribution in [2.45, 2.75) is 12.5 Å². The minimum atomic E-state index is -1.19. The molecular weight excluding hydrogens is 296 g/mol. The van der Waals surface area contributed by atoms with Gasteiger partial charge >= 0.3 is 11.9 Å². The Morgan fingerprint density at radius 1 is 1.41 bits per heavy atom. The van der Waals surface area contributed by atoms with Crippen molar-refractivity contribution in [2.24, 2.45) is 0 Å². The summed E-state index contributed by atoms with van der Waals surface area (Å²) in [6.07, 6.45) is 2.31.